The Hall–Kier alpha value is -6.94. The molecule has 23 heteroatoms. The number of ketones is 1. The first-order valence-electron chi connectivity index (χ1n) is 18.2. The second-order valence-corrected chi connectivity index (χ2v) is 14.0. The van der Waals surface area contributed by atoms with Gasteiger partial charge in [-0.25, -0.2) is 87.8 Å². The molecule has 0 saturated heterocycles. The molecule has 0 atom stereocenters. The molecular weight excluding hydrogens is 937 g/mol. The summed E-state index contributed by atoms with van der Waals surface area (Å²) in [5, 5.41) is 2.34. The minimum absolute atomic E-state index is 0.137. The fourth-order valence-electron chi connectivity index (χ4n) is 7.33. The first-order chi connectivity index (χ1) is 31.0. The third-order valence-electron chi connectivity index (χ3n) is 10.5. The smallest absolute Gasteiger partial charge is 0.227 e. The topological polar surface area (TPSA) is 20.9 Å². The van der Waals surface area contributed by atoms with Gasteiger partial charge in [-0.1, -0.05) is 49.4 Å². The Balaban J connectivity index is 0.000000284. The number of Topliss-reactive ketones (excluding diaryl/α,β-unsaturated/α-hetero) is 1. The van der Waals surface area contributed by atoms with Gasteiger partial charge in [-0.2, -0.15) is 4.57 Å². The van der Waals surface area contributed by atoms with Crippen LogP contribution in [0.4, 0.5) is 87.8 Å². The van der Waals surface area contributed by atoms with Gasteiger partial charge in [-0.05, 0) is 23.4 Å². The maximum Gasteiger partial charge on any atom is 0.227 e. The lowest BCUT2D eigenvalue weighted by Gasteiger charge is -2.44. The largest absolute Gasteiger partial charge is 0.287 e. The average molecular weight is 955 g/mol. The summed E-state index contributed by atoms with van der Waals surface area (Å²) in [5.41, 5.74) is -12.3. The van der Waals surface area contributed by atoms with E-state index in [1.807, 2.05) is 59.4 Å². The van der Waals surface area contributed by atoms with Crippen molar-refractivity contribution in [3.8, 4) is 0 Å². The number of halogens is 20. The molecule has 2 nitrogen and oxygen atoms in total. The summed E-state index contributed by atoms with van der Waals surface area (Å²) in [4.78, 5) is 12.3. The standard InChI is InChI=1S/C24BF20.C19H18NO/c26-5-1(6(27)14(35)21(42)13(5)34)25(2-7(28)15(36)22(43)16(37)8(2)29,3-9(30)17(38)23(44)18(39)10(3)31)4-11(32)19(40)24(45)20(41)12(4)33;1-2-15-7-9-17(10-8-15)19(21)14-20-12-11-16-5-3-4-6-18(16)13-20/h;3-13H,2,14H2,1H3/q-1;+1. The Labute approximate surface area is 355 Å². The summed E-state index contributed by atoms with van der Waals surface area (Å²) in [6.07, 6.45) is -2.24. The number of carbonyl (C=O) groups excluding carboxylic acids is 1. The number of aromatic nitrogens is 1. The van der Waals surface area contributed by atoms with E-state index in [1.54, 1.807) is 0 Å². The van der Waals surface area contributed by atoms with Crippen molar-refractivity contribution >= 4 is 44.6 Å². The minimum Gasteiger partial charge on any atom is -0.287 e. The Morgan fingerprint density at radius 1 is 0.394 bits per heavy atom. The van der Waals surface area contributed by atoms with E-state index in [2.05, 4.69) is 19.1 Å². The second-order valence-electron chi connectivity index (χ2n) is 14.0. The summed E-state index contributed by atoms with van der Waals surface area (Å²) in [5.74, 6) is -71.3. The van der Waals surface area contributed by atoms with E-state index in [1.165, 1.54) is 10.9 Å². The molecule has 6 aromatic carbocycles. The molecule has 66 heavy (non-hydrogen) atoms. The van der Waals surface area contributed by atoms with E-state index in [4.69, 9.17) is 0 Å². The normalized spacial score (nSPS) is 11.6. The van der Waals surface area contributed by atoms with Gasteiger partial charge in [0.05, 0.1) is 0 Å². The molecule has 7 rings (SSSR count). The number of aryl methyl sites for hydroxylation is 1. The zero-order valence-corrected chi connectivity index (χ0v) is 32.3. The summed E-state index contributed by atoms with van der Waals surface area (Å²) in [6.45, 7) is 2.48. The molecule has 0 unspecified atom stereocenters. The van der Waals surface area contributed by atoms with Crippen LogP contribution in [0, 0.1) is 116 Å². The Morgan fingerprint density at radius 3 is 0.985 bits per heavy atom. The van der Waals surface area contributed by atoms with Crippen LogP contribution in [0.3, 0.4) is 0 Å². The molecule has 0 aliphatic carbocycles. The number of hydrogen-bond acceptors (Lipinski definition) is 1. The number of nitrogens with zero attached hydrogens (tertiary/aromatic N) is 1. The molecule has 0 spiro atoms. The lowest BCUT2D eigenvalue weighted by molar-refractivity contribution is -0.681. The van der Waals surface area contributed by atoms with E-state index in [9.17, 15) is 57.5 Å². The van der Waals surface area contributed by atoms with E-state index in [-0.39, 0.29) is 5.78 Å². The van der Waals surface area contributed by atoms with Crippen molar-refractivity contribution in [3.63, 3.8) is 0 Å². The summed E-state index contributed by atoms with van der Waals surface area (Å²) in [6, 6.07) is 18.1. The first kappa shape index (κ1) is 48.5. The number of benzene rings is 6. The number of fused-ring (bicyclic) bond motifs is 1. The van der Waals surface area contributed by atoms with Crippen LogP contribution in [0.5, 0.6) is 0 Å². The van der Waals surface area contributed by atoms with Gasteiger partial charge in [0.25, 0.3) is 0 Å². The Bertz CT molecular complexity index is 2740. The lowest BCUT2D eigenvalue weighted by Crippen LogP contribution is -2.81. The molecular formula is C43H18BF20NO. The predicted octanol–water partition coefficient (Wildman–Crippen LogP) is 9.42. The molecule has 0 saturated carbocycles. The molecule has 0 radical (unpaired) electrons. The van der Waals surface area contributed by atoms with Crippen LogP contribution < -0.4 is 26.4 Å². The van der Waals surface area contributed by atoms with Gasteiger partial charge < -0.3 is 0 Å². The maximum atomic E-state index is 15.4. The quantitative estimate of drug-likeness (QED) is 0.0372. The monoisotopic (exact) mass is 955 g/mol. The third-order valence-corrected chi connectivity index (χ3v) is 10.5. The van der Waals surface area contributed by atoms with Crippen LogP contribution >= 0.6 is 0 Å². The SMILES string of the molecule is CCc1ccc(C(=O)C[n+]2ccc3ccccc3c2)cc1.Fc1c(F)c(F)c([B-](c2c(F)c(F)c(F)c(F)c2F)(c2c(F)c(F)c(F)c(F)c2F)c2c(F)c(F)c(F)c(F)c2F)c(F)c1F. The van der Waals surface area contributed by atoms with Crippen molar-refractivity contribution in [1.82, 2.24) is 0 Å². The molecule has 344 valence electrons. The highest BCUT2D eigenvalue weighted by Gasteiger charge is 2.52. The third kappa shape index (κ3) is 7.66. The van der Waals surface area contributed by atoms with Crippen LogP contribution in [-0.4, -0.2) is 11.9 Å². The highest BCUT2D eigenvalue weighted by atomic mass is 19.2. The van der Waals surface area contributed by atoms with Crippen LogP contribution in [0.2, 0.25) is 0 Å². The second kappa shape index (κ2) is 18.2. The molecule has 0 bridgehead atoms. The van der Waals surface area contributed by atoms with Gasteiger partial charge in [0, 0.05) is 17.0 Å². The van der Waals surface area contributed by atoms with Crippen molar-refractivity contribution in [2.45, 2.75) is 19.9 Å². The Morgan fingerprint density at radius 2 is 0.682 bits per heavy atom. The van der Waals surface area contributed by atoms with Crippen LogP contribution in [0.1, 0.15) is 22.8 Å². The zero-order valence-electron chi connectivity index (χ0n) is 32.3. The van der Waals surface area contributed by atoms with E-state index < -0.39 is 144 Å². The summed E-state index contributed by atoms with van der Waals surface area (Å²) in [7, 11) is 0. The number of carbonyl (C=O) groups is 1. The van der Waals surface area contributed by atoms with E-state index in [0.29, 0.717) is 6.54 Å². The average Bonchev–Trinajstić information content (AvgIpc) is 3.31. The van der Waals surface area contributed by atoms with Crippen LogP contribution in [0.15, 0.2) is 67.0 Å². The number of rotatable bonds is 8. The van der Waals surface area contributed by atoms with Gasteiger partial charge in [-0.3, -0.25) is 4.79 Å². The predicted molar refractivity (Wildman–Crippen MR) is 194 cm³/mol. The highest BCUT2D eigenvalue weighted by molar-refractivity contribution is 7.20. The fraction of sp³-hybridized carbons (Fsp3) is 0.0698. The van der Waals surface area contributed by atoms with Crippen molar-refractivity contribution in [1.29, 1.82) is 0 Å². The number of pyridine rings is 1. The van der Waals surface area contributed by atoms with Crippen LogP contribution in [-0.2, 0) is 13.0 Å². The number of hydrogen-bond donors (Lipinski definition) is 0. The molecule has 0 amide bonds. The van der Waals surface area contributed by atoms with Gasteiger partial charge in [0.2, 0.25) is 12.3 Å². The van der Waals surface area contributed by atoms with Crippen molar-refractivity contribution in [3.05, 3.63) is 194 Å². The Kier molecular flexibility index (Phi) is 13.3. The molecule has 0 fully saturated rings. The van der Waals surface area contributed by atoms with Gasteiger partial charge in [-0.15, -0.1) is 21.9 Å². The van der Waals surface area contributed by atoms with Gasteiger partial charge >= 0.3 is 0 Å². The first-order valence-corrected chi connectivity index (χ1v) is 18.2. The lowest BCUT2D eigenvalue weighted by atomic mass is 9.12. The van der Waals surface area contributed by atoms with Gasteiger partial charge in [0.15, 0.2) is 82.2 Å². The molecule has 1 aromatic heterocycles. The summed E-state index contributed by atoms with van der Waals surface area (Å²) < 4.78 is 296. The molecule has 0 aliphatic rings. The van der Waals surface area contributed by atoms with E-state index >= 15 is 35.1 Å². The van der Waals surface area contributed by atoms with E-state index in [0.717, 1.165) is 17.4 Å². The van der Waals surface area contributed by atoms with Crippen LogP contribution in [0.25, 0.3) is 10.8 Å². The highest BCUT2D eigenvalue weighted by Crippen LogP contribution is 2.31. The molecule has 7 aromatic rings. The van der Waals surface area contributed by atoms with Crippen molar-refractivity contribution < 1.29 is 97.2 Å². The zero-order chi connectivity index (χ0) is 49.0. The van der Waals surface area contributed by atoms with Gasteiger partial charge in [0.1, 0.15) is 52.7 Å². The summed E-state index contributed by atoms with van der Waals surface area (Å²) >= 11 is 0. The molecule has 0 aliphatic heterocycles. The minimum atomic E-state index is -7.22. The van der Waals surface area contributed by atoms with Crippen molar-refractivity contribution in [2.24, 2.45) is 0 Å². The van der Waals surface area contributed by atoms with Crippen molar-refractivity contribution in [2.75, 3.05) is 0 Å². The molecule has 0 N–H and O–H groups in total. The maximum absolute atomic E-state index is 15.4. The fourth-order valence-corrected chi connectivity index (χ4v) is 7.33. The molecule has 1 heterocycles.